The van der Waals surface area contributed by atoms with Gasteiger partial charge >= 0.3 is 0 Å². The summed E-state index contributed by atoms with van der Waals surface area (Å²) < 4.78 is 10.7. The van der Waals surface area contributed by atoms with Crippen LogP contribution in [0.3, 0.4) is 0 Å². The average Bonchev–Trinajstić information content (AvgIpc) is 2.73. The van der Waals surface area contributed by atoms with Crippen molar-refractivity contribution in [2.24, 2.45) is 0 Å². The highest BCUT2D eigenvalue weighted by Crippen LogP contribution is 2.36. The van der Waals surface area contributed by atoms with E-state index in [-0.39, 0.29) is 17.1 Å². The van der Waals surface area contributed by atoms with Crippen molar-refractivity contribution in [1.29, 1.82) is 0 Å². The third-order valence-electron chi connectivity index (χ3n) is 4.72. The number of aliphatic hydroxyl groups is 4. The van der Waals surface area contributed by atoms with Crippen LogP contribution in [0.15, 0.2) is 42.5 Å². The van der Waals surface area contributed by atoms with Crippen molar-refractivity contribution in [3.8, 4) is 23.0 Å². The van der Waals surface area contributed by atoms with E-state index in [0.29, 0.717) is 5.56 Å². The zero-order chi connectivity index (χ0) is 22.7. The molecule has 0 saturated carbocycles. The number of phenols is 3. The Bertz CT molecular complexity index is 953. The van der Waals surface area contributed by atoms with Gasteiger partial charge in [-0.2, -0.15) is 0 Å². The Balaban J connectivity index is 1.89. The summed E-state index contributed by atoms with van der Waals surface area (Å²) in [6, 6.07) is 7.89. The fraction of sp³-hybridized carbons (Fsp3) is 0.286. The minimum absolute atomic E-state index is 0.0508. The van der Waals surface area contributed by atoms with Crippen LogP contribution in [0.25, 0.3) is 6.08 Å². The zero-order valence-corrected chi connectivity index (χ0v) is 16.1. The number of benzene rings is 2. The second kappa shape index (κ2) is 9.33. The van der Waals surface area contributed by atoms with Crippen molar-refractivity contribution >= 4 is 11.9 Å². The Morgan fingerprint density at radius 2 is 1.65 bits per heavy atom. The number of hydrogen-bond acceptors (Lipinski definition) is 10. The number of aliphatic hydroxyl groups excluding tert-OH is 4. The van der Waals surface area contributed by atoms with E-state index in [0.717, 1.165) is 18.2 Å². The molecule has 1 aliphatic rings. The molecule has 0 radical (unpaired) electrons. The van der Waals surface area contributed by atoms with Gasteiger partial charge < -0.3 is 45.2 Å². The minimum Gasteiger partial charge on any atom is -0.508 e. The number of ether oxygens (including phenoxy) is 2. The molecule has 0 aromatic heterocycles. The second-order valence-electron chi connectivity index (χ2n) is 6.94. The quantitative estimate of drug-likeness (QED) is 0.239. The van der Waals surface area contributed by atoms with E-state index in [2.05, 4.69) is 0 Å². The summed E-state index contributed by atoms with van der Waals surface area (Å²) in [5.41, 5.74) is 0.227. The summed E-state index contributed by atoms with van der Waals surface area (Å²) in [4.78, 5) is 12.7. The smallest absolute Gasteiger partial charge is 0.229 e. The molecule has 0 bridgehead atoms. The SMILES string of the molecule is O=C(/C=C\c1ccc(O)cc1)c1c(O)cc(O)cc1O[C@@H]1O[C@H](CO)[C@H](O)[C@H](O)[C@@H]1O. The molecule has 166 valence electrons. The first kappa shape index (κ1) is 22.5. The summed E-state index contributed by atoms with van der Waals surface area (Å²) in [7, 11) is 0. The van der Waals surface area contributed by atoms with Crippen LogP contribution in [-0.4, -0.2) is 78.8 Å². The van der Waals surface area contributed by atoms with Gasteiger partial charge in [-0.3, -0.25) is 4.79 Å². The molecule has 7 N–H and O–H groups in total. The minimum atomic E-state index is -1.75. The number of carbonyl (C=O) groups excluding carboxylic acids is 1. The van der Waals surface area contributed by atoms with Gasteiger partial charge in [0.25, 0.3) is 0 Å². The first-order chi connectivity index (χ1) is 14.7. The van der Waals surface area contributed by atoms with E-state index in [9.17, 15) is 40.5 Å². The van der Waals surface area contributed by atoms with E-state index < -0.39 is 54.6 Å². The van der Waals surface area contributed by atoms with Gasteiger partial charge in [0.2, 0.25) is 6.29 Å². The Morgan fingerprint density at radius 1 is 0.968 bits per heavy atom. The predicted octanol–water partition coefficient (Wildman–Crippen LogP) is -0.122. The highest BCUT2D eigenvalue weighted by atomic mass is 16.7. The van der Waals surface area contributed by atoms with Crippen LogP contribution in [0.5, 0.6) is 23.0 Å². The number of carbonyl (C=O) groups is 1. The third kappa shape index (κ3) is 4.95. The van der Waals surface area contributed by atoms with Crippen molar-refractivity contribution < 1.29 is 50.0 Å². The number of allylic oxidation sites excluding steroid dienone is 1. The first-order valence-corrected chi connectivity index (χ1v) is 9.26. The van der Waals surface area contributed by atoms with E-state index in [1.807, 2.05) is 0 Å². The Morgan fingerprint density at radius 3 is 2.29 bits per heavy atom. The van der Waals surface area contributed by atoms with E-state index in [4.69, 9.17) is 9.47 Å². The lowest BCUT2D eigenvalue weighted by Gasteiger charge is -2.39. The molecule has 1 aliphatic heterocycles. The number of rotatable bonds is 6. The lowest BCUT2D eigenvalue weighted by Crippen LogP contribution is -2.60. The predicted molar refractivity (Wildman–Crippen MR) is 106 cm³/mol. The normalized spacial score (nSPS) is 26.1. The van der Waals surface area contributed by atoms with Crippen LogP contribution in [0.4, 0.5) is 0 Å². The lowest BCUT2D eigenvalue weighted by molar-refractivity contribution is -0.277. The zero-order valence-electron chi connectivity index (χ0n) is 16.1. The van der Waals surface area contributed by atoms with Crippen molar-refractivity contribution in [3.63, 3.8) is 0 Å². The van der Waals surface area contributed by atoms with Gasteiger partial charge in [0.1, 0.15) is 53.0 Å². The summed E-state index contributed by atoms with van der Waals surface area (Å²) in [5, 5.41) is 68.5. The molecule has 5 atom stereocenters. The molecule has 10 nitrogen and oxygen atoms in total. The molecule has 31 heavy (non-hydrogen) atoms. The van der Waals surface area contributed by atoms with Gasteiger partial charge in [0.15, 0.2) is 5.78 Å². The number of hydrogen-bond donors (Lipinski definition) is 7. The molecule has 2 aromatic rings. The highest BCUT2D eigenvalue weighted by molar-refractivity contribution is 6.10. The first-order valence-electron chi connectivity index (χ1n) is 9.26. The van der Waals surface area contributed by atoms with Crippen LogP contribution in [0.1, 0.15) is 15.9 Å². The highest BCUT2D eigenvalue weighted by Gasteiger charge is 2.45. The molecule has 1 saturated heterocycles. The maximum Gasteiger partial charge on any atom is 0.229 e. The maximum atomic E-state index is 12.7. The third-order valence-corrected chi connectivity index (χ3v) is 4.72. The Kier molecular flexibility index (Phi) is 6.78. The van der Waals surface area contributed by atoms with Crippen LogP contribution in [0, 0.1) is 0 Å². The molecule has 0 spiro atoms. The maximum absolute atomic E-state index is 12.7. The van der Waals surface area contributed by atoms with Crippen molar-refractivity contribution in [2.75, 3.05) is 6.61 Å². The summed E-state index contributed by atoms with van der Waals surface area (Å²) in [6.45, 7) is -0.683. The Hall–Kier alpha value is -3.15. The van der Waals surface area contributed by atoms with Crippen molar-refractivity contribution in [3.05, 3.63) is 53.6 Å². The molecule has 0 aliphatic carbocycles. The summed E-state index contributed by atoms with van der Waals surface area (Å²) >= 11 is 0. The van der Waals surface area contributed by atoms with Gasteiger partial charge in [-0.05, 0) is 23.8 Å². The monoisotopic (exact) mass is 434 g/mol. The van der Waals surface area contributed by atoms with Gasteiger partial charge in [0.05, 0.1) is 6.61 Å². The standard InChI is InChI=1S/C21H22O10/c22-9-16-18(27)19(28)20(29)21(31-16)30-15-8-12(24)7-14(26)17(15)13(25)6-3-10-1-4-11(23)5-2-10/h1-8,16,18-24,26-29H,9H2/b6-3-/t16-,18+,19+,20+,21-/m1/s1. The topological polar surface area (TPSA) is 177 Å². The number of aromatic hydroxyl groups is 3. The van der Waals surface area contributed by atoms with Gasteiger partial charge in [-0.15, -0.1) is 0 Å². The van der Waals surface area contributed by atoms with E-state index >= 15 is 0 Å². The number of phenolic OH excluding ortho intramolecular Hbond substituents is 3. The molecule has 10 heteroatoms. The van der Waals surface area contributed by atoms with Crippen LogP contribution >= 0.6 is 0 Å². The molecular weight excluding hydrogens is 412 g/mol. The molecule has 1 fully saturated rings. The fourth-order valence-corrected chi connectivity index (χ4v) is 3.06. The van der Waals surface area contributed by atoms with Crippen molar-refractivity contribution in [2.45, 2.75) is 30.7 Å². The van der Waals surface area contributed by atoms with Gasteiger partial charge in [-0.1, -0.05) is 18.2 Å². The lowest BCUT2D eigenvalue weighted by atomic mass is 9.99. The number of ketones is 1. The van der Waals surface area contributed by atoms with Gasteiger partial charge in [0, 0.05) is 12.1 Å². The van der Waals surface area contributed by atoms with Crippen LogP contribution in [0.2, 0.25) is 0 Å². The van der Waals surface area contributed by atoms with E-state index in [1.54, 1.807) is 12.1 Å². The molecule has 2 aromatic carbocycles. The van der Waals surface area contributed by atoms with E-state index in [1.165, 1.54) is 18.2 Å². The molecule has 0 unspecified atom stereocenters. The fourth-order valence-electron chi connectivity index (χ4n) is 3.06. The van der Waals surface area contributed by atoms with Crippen LogP contribution < -0.4 is 4.74 Å². The van der Waals surface area contributed by atoms with Crippen LogP contribution in [-0.2, 0) is 4.74 Å². The molecule has 3 rings (SSSR count). The summed E-state index contributed by atoms with van der Waals surface area (Å²) in [6.07, 6.45) is -5.39. The summed E-state index contributed by atoms with van der Waals surface area (Å²) in [5.74, 6) is -2.08. The molecule has 1 heterocycles. The average molecular weight is 434 g/mol. The van der Waals surface area contributed by atoms with Gasteiger partial charge in [-0.25, -0.2) is 0 Å². The molecule has 0 amide bonds. The van der Waals surface area contributed by atoms with Crippen molar-refractivity contribution in [1.82, 2.24) is 0 Å². The second-order valence-corrected chi connectivity index (χ2v) is 6.94. The largest absolute Gasteiger partial charge is 0.508 e. The Labute approximate surface area is 176 Å². The molecular formula is C21H22O10.